The number of hydrogen-bond donors (Lipinski definition) is 1. The minimum absolute atomic E-state index is 0.0539. The SMILES string of the molecule is Cc1cc(C(=O)N2CCCN(C(=O)C3CCCO3)CC2)c(C)[nH]1. The van der Waals surface area contributed by atoms with Crippen LogP contribution in [0.25, 0.3) is 0 Å². The minimum atomic E-state index is -0.271. The molecule has 0 aromatic carbocycles. The van der Waals surface area contributed by atoms with Crippen LogP contribution in [0.2, 0.25) is 0 Å². The first kappa shape index (κ1) is 16.1. The Balaban J connectivity index is 1.63. The fourth-order valence-corrected chi connectivity index (χ4v) is 3.43. The molecule has 0 radical (unpaired) electrons. The van der Waals surface area contributed by atoms with Gasteiger partial charge in [0.15, 0.2) is 0 Å². The number of carbonyl (C=O) groups excluding carboxylic acids is 2. The summed E-state index contributed by atoms with van der Waals surface area (Å²) in [7, 11) is 0. The Hall–Kier alpha value is -1.82. The van der Waals surface area contributed by atoms with E-state index in [2.05, 4.69) is 4.98 Å². The third-order valence-electron chi connectivity index (χ3n) is 4.68. The number of aromatic nitrogens is 1. The van der Waals surface area contributed by atoms with Crippen LogP contribution in [0.4, 0.5) is 0 Å². The highest BCUT2D eigenvalue weighted by molar-refractivity contribution is 5.95. The van der Waals surface area contributed by atoms with Crippen LogP contribution in [-0.4, -0.2) is 65.5 Å². The number of H-pyrrole nitrogens is 1. The third kappa shape index (κ3) is 3.42. The molecule has 6 nitrogen and oxygen atoms in total. The molecule has 2 aliphatic heterocycles. The Labute approximate surface area is 136 Å². The summed E-state index contributed by atoms with van der Waals surface area (Å²) in [5.74, 6) is 0.142. The van der Waals surface area contributed by atoms with Crippen molar-refractivity contribution in [2.45, 2.75) is 39.2 Å². The van der Waals surface area contributed by atoms with Crippen molar-refractivity contribution in [3.8, 4) is 0 Å². The Kier molecular flexibility index (Phi) is 4.71. The van der Waals surface area contributed by atoms with E-state index in [1.165, 1.54) is 0 Å². The van der Waals surface area contributed by atoms with E-state index in [0.717, 1.165) is 36.2 Å². The zero-order valence-corrected chi connectivity index (χ0v) is 13.9. The van der Waals surface area contributed by atoms with Crippen molar-refractivity contribution < 1.29 is 14.3 Å². The molecule has 0 spiro atoms. The quantitative estimate of drug-likeness (QED) is 0.898. The Bertz CT molecular complexity index is 590. The van der Waals surface area contributed by atoms with Gasteiger partial charge in [0.1, 0.15) is 6.10 Å². The first-order valence-electron chi connectivity index (χ1n) is 8.42. The van der Waals surface area contributed by atoms with Crippen molar-refractivity contribution in [2.75, 3.05) is 32.8 Å². The number of aromatic amines is 1. The number of carbonyl (C=O) groups is 2. The van der Waals surface area contributed by atoms with Crippen LogP contribution >= 0.6 is 0 Å². The molecule has 2 amide bonds. The van der Waals surface area contributed by atoms with Crippen molar-refractivity contribution >= 4 is 11.8 Å². The molecule has 0 bridgehead atoms. The normalized spacial score (nSPS) is 22.3. The first-order valence-corrected chi connectivity index (χ1v) is 8.42. The zero-order chi connectivity index (χ0) is 16.4. The second kappa shape index (κ2) is 6.74. The Morgan fingerprint density at radius 2 is 1.87 bits per heavy atom. The molecule has 3 rings (SSSR count). The van der Waals surface area contributed by atoms with Gasteiger partial charge in [-0.2, -0.15) is 0 Å². The highest BCUT2D eigenvalue weighted by Crippen LogP contribution is 2.18. The van der Waals surface area contributed by atoms with Gasteiger partial charge in [-0.15, -0.1) is 0 Å². The lowest BCUT2D eigenvalue weighted by atomic mass is 10.2. The average molecular weight is 319 g/mol. The molecule has 2 fully saturated rings. The van der Waals surface area contributed by atoms with Crippen LogP contribution in [0.1, 0.15) is 41.0 Å². The van der Waals surface area contributed by atoms with Crippen LogP contribution in [-0.2, 0) is 9.53 Å². The summed E-state index contributed by atoms with van der Waals surface area (Å²) < 4.78 is 5.49. The van der Waals surface area contributed by atoms with Crippen molar-refractivity contribution in [3.63, 3.8) is 0 Å². The summed E-state index contributed by atoms with van der Waals surface area (Å²) in [5, 5.41) is 0. The van der Waals surface area contributed by atoms with Gasteiger partial charge in [0.05, 0.1) is 5.56 Å². The summed E-state index contributed by atoms with van der Waals surface area (Å²) in [6.07, 6.45) is 2.32. The molecular formula is C17H25N3O3. The van der Waals surface area contributed by atoms with E-state index >= 15 is 0 Å². The molecule has 1 aromatic rings. The fraction of sp³-hybridized carbons (Fsp3) is 0.647. The molecule has 126 valence electrons. The van der Waals surface area contributed by atoms with Crippen LogP contribution in [0.5, 0.6) is 0 Å². The molecule has 0 saturated carbocycles. The lowest BCUT2D eigenvalue weighted by molar-refractivity contribution is -0.140. The zero-order valence-electron chi connectivity index (χ0n) is 13.9. The van der Waals surface area contributed by atoms with E-state index in [-0.39, 0.29) is 17.9 Å². The highest BCUT2D eigenvalue weighted by atomic mass is 16.5. The predicted octanol–water partition coefficient (Wildman–Crippen LogP) is 1.49. The van der Waals surface area contributed by atoms with Gasteiger partial charge >= 0.3 is 0 Å². The second-order valence-electron chi connectivity index (χ2n) is 6.46. The third-order valence-corrected chi connectivity index (χ3v) is 4.68. The van der Waals surface area contributed by atoms with E-state index in [9.17, 15) is 9.59 Å². The molecular weight excluding hydrogens is 294 g/mol. The molecule has 1 unspecified atom stereocenters. The van der Waals surface area contributed by atoms with Gasteiger partial charge in [0.25, 0.3) is 11.8 Å². The maximum Gasteiger partial charge on any atom is 0.255 e. The van der Waals surface area contributed by atoms with Crippen LogP contribution in [0.15, 0.2) is 6.07 Å². The van der Waals surface area contributed by atoms with Crippen molar-refractivity contribution in [2.24, 2.45) is 0 Å². The fourth-order valence-electron chi connectivity index (χ4n) is 3.43. The van der Waals surface area contributed by atoms with Crippen molar-refractivity contribution in [1.82, 2.24) is 14.8 Å². The van der Waals surface area contributed by atoms with Gasteiger partial charge in [0, 0.05) is 44.2 Å². The number of amides is 2. The second-order valence-corrected chi connectivity index (χ2v) is 6.46. The molecule has 3 heterocycles. The van der Waals surface area contributed by atoms with Gasteiger partial charge in [-0.05, 0) is 39.2 Å². The van der Waals surface area contributed by atoms with Crippen molar-refractivity contribution in [1.29, 1.82) is 0 Å². The Morgan fingerprint density at radius 3 is 2.52 bits per heavy atom. The van der Waals surface area contributed by atoms with Gasteiger partial charge in [-0.3, -0.25) is 9.59 Å². The maximum atomic E-state index is 12.7. The maximum absolute atomic E-state index is 12.7. The van der Waals surface area contributed by atoms with E-state index in [4.69, 9.17) is 4.74 Å². The first-order chi connectivity index (χ1) is 11.1. The number of nitrogens with zero attached hydrogens (tertiary/aromatic N) is 2. The highest BCUT2D eigenvalue weighted by Gasteiger charge is 2.30. The monoisotopic (exact) mass is 319 g/mol. The number of hydrogen-bond acceptors (Lipinski definition) is 3. The predicted molar refractivity (Wildman–Crippen MR) is 86.3 cm³/mol. The lowest BCUT2D eigenvalue weighted by Gasteiger charge is -2.24. The van der Waals surface area contributed by atoms with E-state index in [0.29, 0.717) is 32.8 Å². The lowest BCUT2D eigenvalue weighted by Crippen LogP contribution is -2.41. The largest absolute Gasteiger partial charge is 0.368 e. The molecule has 6 heteroatoms. The van der Waals surface area contributed by atoms with Gasteiger partial charge in [0.2, 0.25) is 0 Å². The number of nitrogens with one attached hydrogen (secondary N) is 1. The number of rotatable bonds is 2. The molecule has 1 N–H and O–H groups in total. The van der Waals surface area contributed by atoms with Gasteiger partial charge in [-0.1, -0.05) is 0 Å². The van der Waals surface area contributed by atoms with Crippen LogP contribution in [0, 0.1) is 13.8 Å². The number of aryl methyl sites for hydroxylation is 2. The Morgan fingerprint density at radius 1 is 1.13 bits per heavy atom. The van der Waals surface area contributed by atoms with Gasteiger partial charge < -0.3 is 19.5 Å². The summed E-state index contributed by atoms with van der Waals surface area (Å²) in [4.78, 5) is 32.0. The molecule has 1 aromatic heterocycles. The summed E-state index contributed by atoms with van der Waals surface area (Å²) in [6, 6.07) is 1.90. The minimum Gasteiger partial charge on any atom is -0.368 e. The molecule has 2 saturated heterocycles. The van der Waals surface area contributed by atoms with E-state index in [1.54, 1.807) is 0 Å². The standard InChI is InChI=1S/C17H25N3O3/c1-12-11-14(13(2)18-12)16(21)19-6-4-7-20(9-8-19)17(22)15-5-3-10-23-15/h11,15,18H,3-10H2,1-2H3. The van der Waals surface area contributed by atoms with E-state index < -0.39 is 0 Å². The topological polar surface area (TPSA) is 65.6 Å². The molecule has 23 heavy (non-hydrogen) atoms. The van der Waals surface area contributed by atoms with Crippen LogP contribution in [0.3, 0.4) is 0 Å². The van der Waals surface area contributed by atoms with Crippen LogP contribution < -0.4 is 0 Å². The van der Waals surface area contributed by atoms with Crippen molar-refractivity contribution in [3.05, 3.63) is 23.0 Å². The van der Waals surface area contributed by atoms with Gasteiger partial charge in [-0.25, -0.2) is 0 Å². The molecule has 2 aliphatic rings. The smallest absolute Gasteiger partial charge is 0.255 e. The summed E-state index contributed by atoms with van der Waals surface area (Å²) in [6.45, 7) is 7.12. The van der Waals surface area contributed by atoms with E-state index in [1.807, 2.05) is 29.7 Å². The molecule has 0 aliphatic carbocycles. The average Bonchev–Trinajstić information content (AvgIpc) is 3.09. The number of ether oxygens (including phenoxy) is 1. The summed E-state index contributed by atoms with van der Waals surface area (Å²) >= 11 is 0. The summed E-state index contributed by atoms with van der Waals surface area (Å²) in [5.41, 5.74) is 2.64. The molecule has 1 atom stereocenters.